The van der Waals surface area contributed by atoms with Crippen LogP contribution in [0.5, 0.6) is 5.75 Å². The van der Waals surface area contributed by atoms with Gasteiger partial charge in [-0.15, -0.1) is 0 Å². The molecule has 1 saturated carbocycles. The minimum absolute atomic E-state index is 0.329. The molecule has 0 bridgehead atoms. The molecule has 2 rings (SSSR count). The first kappa shape index (κ1) is 13.5. The summed E-state index contributed by atoms with van der Waals surface area (Å²) in [5, 5.41) is 9.81. The third-order valence-electron chi connectivity index (χ3n) is 3.56. The number of rotatable bonds is 4. The lowest BCUT2D eigenvalue weighted by molar-refractivity contribution is 0.220. The van der Waals surface area contributed by atoms with Crippen LogP contribution >= 0.6 is 11.8 Å². The lowest BCUT2D eigenvalue weighted by atomic mass is 10.2. The Labute approximate surface area is 111 Å². The van der Waals surface area contributed by atoms with Crippen molar-refractivity contribution in [3.63, 3.8) is 0 Å². The highest BCUT2D eigenvalue weighted by Gasteiger charge is 2.29. The number of nitrogens with zero attached hydrogens (tertiary/aromatic N) is 1. The smallest absolute Gasteiger partial charge is 0.226 e. The molecule has 1 aromatic rings. The minimum atomic E-state index is -0.377. The van der Waals surface area contributed by atoms with E-state index in [0.29, 0.717) is 23.6 Å². The number of hydrogen-bond acceptors (Lipinski definition) is 5. The van der Waals surface area contributed by atoms with Gasteiger partial charge in [-0.2, -0.15) is 11.8 Å². The molecule has 1 N–H and O–H groups in total. The molecule has 0 spiro atoms. The van der Waals surface area contributed by atoms with Crippen LogP contribution in [0.2, 0.25) is 0 Å². The zero-order chi connectivity index (χ0) is 13.1. The Morgan fingerprint density at radius 2 is 2.33 bits per heavy atom. The van der Waals surface area contributed by atoms with Gasteiger partial charge in [-0.1, -0.05) is 6.42 Å². The fraction of sp³-hybridized carbons (Fsp3) is 0.615. The molecule has 0 unspecified atom stereocenters. The van der Waals surface area contributed by atoms with Gasteiger partial charge in [0, 0.05) is 17.4 Å². The van der Waals surface area contributed by atoms with E-state index in [1.54, 1.807) is 0 Å². The Kier molecular flexibility index (Phi) is 4.35. The Hall–Kier alpha value is -0.940. The zero-order valence-electron chi connectivity index (χ0n) is 10.8. The second kappa shape index (κ2) is 5.80. The first-order valence-electron chi connectivity index (χ1n) is 6.15. The maximum absolute atomic E-state index is 11.3. The van der Waals surface area contributed by atoms with Crippen LogP contribution in [-0.4, -0.2) is 34.6 Å². The summed E-state index contributed by atoms with van der Waals surface area (Å²) >= 11 is 1.91. The molecule has 1 aromatic heterocycles. The molecule has 2 atom stereocenters. The van der Waals surface area contributed by atoms with E-state index < -0.39 is 0 Å². The molecule has 1 aliphatic carbocycles. The van der Waals surface area contributed by atoms with E-state index in [1.807, 2.05) is 11.8 Å². The van der Waals surface area contributed by atoms with Crippen LogP contribution < -0.4 is 5.43 Å². The predicted octanol–water partition coefficient (Wildman–Crippen LogP) is 2.06. The number of thioether (sulfide) groups is 1. The average Bonchev–Trinajstić information content (AvgIpc) is 2.82. The van der Waals surface area contributed by atoms with E-state index in [2.05, 4.69) is 18.2 Å². The van der Waals surface area contributed by atoms with Crippen molar-refractivity contribution in [2.45, 2.75) is 37.1 Å². The topological polar surface area (TPSA) is 53.7 Å². The quantitative estimate of drug-likeness (QED) is 0.906. The van der Waals surface area contributed by atoms with Gasteiger partial charge in [0.2, 0.25) is 5.43 Å². The van der Waals surface area contributed by atoms with Gasteiger partial charge >= 0.3 is 0 Å². The summed E-state index contributed by atoms with van der Waals surface area (Å²) in [4.78, 5) is 13.6. The molecule has 1 fully saturated rings. The first-order chi connectivity index (χ1) is 8.61. The first-order valence-corrected chi connectivity index (χ1v) is 7.44. The van der Waals surface area contributed by atoms with E-state index in [0.717, 1.165) is 6.26 Å². The molecule has 1 aliphatic rings. The standard InChI is InChI=1S/C13H19NO3S/c1-14(10-4-3-5-13(10)18-2)7-9-6-11(15)12(16)8-17-9/h6,8,10,13,16H,3-5,7H2,1-2H3/t10-,13-/m0/s1. The largest absolute Gasteiger partial charge is 0.502 e. The van der Waals surface area contributed by atoms with Gasteiger partial charge in [-0.25, -0.2) is 0 Å². The second-order valence-corrected chi connectivity index (χ2v) is 5.86. The number of aromatic hydroxyl groups is 1. The van der Waals surface area contributed by atoms with Gasteiger partial charge in [0.25, 0.3) is 0 Å². The highest BCUT2D eigenvalue weighted by Crippen LogP contribution is 2.32. The highest BCUT2D eigenvalue weighted by molar-refractivity contribution is 7.99. The van der Waals surface area contributed by atoms with Crippen molar-refractivity contribution in [3.05, 3.63) is 28.3 Å². The van der Waals surface area contributed by atoms with E-state index in [4.69, 9.17) is 9.52 Å². The maximum Gasteiger partial charge on any atom is 0.226 e. The molecule has 0 radical (unpaired) electrons. The van der Waals surface area contributed by atoms with Gasteiger partial charge in [0.1, 0.15) is 12.0 Å². The van der Waals surface area contributed by atoms with Crippen LogP contribution in [0.1, 0.15) is 25.0 Å². The minimum Gasteiger partial charge on any atom is -0.502 e. The van der Waals surface area contributed by atoms with Crippen LogP contribution in [0.3, 0.4) is 0 Å². The summed E-state index contributed by atoms with van der Waals surface area (Å²) in [5.41, 5.74) is -0.377. The number of hydrogen-bond donors (Lipinski definition) is 1. The predicted molar refractivity (Wildman–Crippen MR) is 73.1 cm³/mol. The van der Waals surface area contributed by atoms with Crippen molar-refractivity contribution in [2.75, 3.05) is 13.3 Å². The molecule has 0 saturated heterocycles. The molecular formula is C13H19NO3S. The van der Waals surface area contributed by atoms with Crippen LogP contribution in [0.4, 0.5) is 0 Å². The van der Waals surface area contributed by atoms with Crippen molar-refractivity contribution < 1.29 is 9.52 Å². The molecule has 4 nitrogen and oxygen atoms in total. The summed E-state index contributed by atoms with van der Waals surface area (Å²) in [6, 6.07) is 1.91. The van der Waals surface area contributed by atoms with Gasteiger partial charge < -0.3 is 9.52 Å². The molecule has 0 amide bonds. The fourth-order valence-electron chi connectivity index (χ4n) is 2.58. The fourth-order valence-corrected chi connectivity index (χ4v) is 3.64. The van der Waals surface area contributed by atoms with E-state index in [-0.39, 0.29) is 11.2 Å². The van der Waals surface area contributed by atoms with Crippen LogP contribution in [0.15, 0.2) is 21.5 Å². The van der Waals surface area contributed by atoms with Crippen molar-refractivity contribution >= 4 is 11.8 Å². The summed E-state index contributed by atoms with van der Waals surface area (Å²) in [7, 11) is 2.06. The summed E-state index contributed by atoms with van der Waals surface area (Å²) in [5.74, 6) is 0.274. The SMILES string of the molecule is CS[C@H]1CCC[C@@H]1N(C)Cc1cc(=O)c(O)co1. The van der Waals surface area contributed by atoms with Crippen LogP contribution in [0, 0.1) is 0 Å². The molecule has 5 heteroatoms. The van der Waals surface area contributed by atoms with Crippen molar-refractivity contribution in [1.82, 2.24) is 4.90 Å². The van der Waals surface area contributed by atoms with Gasteiger partial charge in [-0.05, 0) is 26.1 Å². The van der Waals surface area contributed by atoms with Gasteiger partial charge in [0.15, 0.2) is 5.75 Å². The second-order valence-electron chi connectivity index (χ2n) is 4.78. The van der Waals surface area contributed by atoms with Gasteiger partial charge in [-0.3, -0.25) is 9.69 Å². The summed E-state index contributed by atoms with van der Waals surface area (Å²) in [6.07, 6.45) is 6.99. The van der Waals surface area contributed by atoms with E-state index in [1.165, 1.54) is 25.3 Å². The van der Waals surface area contributed by atoms with Crippen molar-refractivity contribution in [2.24, 2.45) is 0 Å². The van der Waals surface area contributed by atoms with Crippen molar-refractivity contribution in [1.29, 1.82) is 0 Å². The molecule has 0 aromatic carbocycles. The molecular weight excluding hydrogens is 250 g/mol. The highest BCUT2D eigenvalue weighted by atomic mass is 32.2. The molecule has 100 valence electrons. The lowest BCUT2D eigenvalue weighted by Crippen LogP contribution is -2.35. The lowest BCUT2D eigenvalue weighted by Gasteiger charge is -2.28. The van der Waals surface area contributed by atoms with E-state index in [9.17, 15) is 4.79 Å². The Morgan fingerprint density at radius 1 is 1.56 bits per heavy atom. The molecule has 18 heavy (non-hydrogen) atoms. The van der Waals surface area contributed by atoms with Crippen molar-refractivity contribution in [3.8, 4) is 5.75 Å². The van der Waals surface area contributed by atoms with Crippen LogP contribution in [-0.2, 0) is 6.54 Å². The Bertz CT molecular complexity index is 460. The molecule has 0 aliphatic heterocycles. The monoisotopic (exact) mass is 269 g/mol. The average molecular weight is 269 g/mol. The maximum atomic E-state index is 11.3. The molecule has 1 heterocycles. The Morgan fingerprint density at radius 3 is 3.00 bits per heavy atom. The zero-order valence-corrected chi connectivity index (χ0v) is 11.6. The van der Waals surface area contributed by atoms with Gasteiger partial charge in [0.05, 0.1) is 6.54 Å². The van der Waals surface area contributed by atoms with E-state index >= 15 is 0 Å². The summed E-state index contributed by atoms with van der Waals surface area (Å²) < 4.78 is 5.24. The normalized spacial score (nSPS) is 23.7. The summed E-state index contributed by atoms with van der Waals surface area (Å²) in [6.45, 7) is 0.608. The Balaban J connectivity index is 2.04. The third kappa shape index (κ3) is 2.90. The third-order valence-corrected chi connectivity index (χ3v) is 4.71. The van der Waals surface area contributed by atoms with Crippen LogP contribution in [0.25, 0.3) is 0 Å².